The van der Waals surface area contributed by atoms with E-state index in [0.29, 0.717) is 48.2 Å². The highest BCUT2D eigenvalue weighted by Crippen LogP contribution is 2.46. The summed E-state index contributed by atoms with van der Waals surface area (Å²) >= 11 is 0. The number of hydrogen-bond acceptors (Lipinski definition) is 7. The maximum atomic E-state index is 15.0. The first-order chi connectivity index (χ1) is 18.6. The summed E-state index contributed by atoms with van der Waals surface area (Å²) in [6.07, 6.45) is 1.68. The number of nitrogens with one attached hydrogen (secondary N) is 1. The van der Waals surface area contributed by atoms with Crippen LogP contribution in [0.3, 0.4) is 0 Å². The van der Waals surface area contributed by atoms with Crippen LogP contribution in [0, 0.1) is 18.7 Å². The quantitative estimate of drug-likeness (QED) is 0.345. The van der Waals surface area contributed by atoms with Crippen LogP contribution in [-0.4, -0.2) is 37.7 Å². The Labute approximate surface area is 222 Å². The number of halogens is 1. The minimum absolute atomic E-state index is 0.0277. The molecule has 2 aliphatic heterocycles. The number of aryl methyl sites for hydroxylation is 1. The molecule has 2 aliphatic carbocycles. The van der Waals surface area contributed by atoms with E-state index in [2.05, 4.69) is 5.32 Å². The van der Waals surface area contributed by atoms with Gasteiger partial charge in [0.1, 0.15) is 12.4 Å². The SMILES string of the molecule is CC[C@@]1(O)C(=O)OCc2c1cc1n(c2=O)Cc2c-1nc1cc(F)c(C)c3c1c2C(NC(=O)C1CCC1O)CC3. The van der Waals surface area contributed by atoms with E-state index in [0.717, 1.165) is 22.1 Å². The standard InChI is InChI=1S/C29H28FN3O6/c1-3-29(38)17-8-21-25-15(10-33(21)27(36)16(17)11-39-28(29)37)24-19(32-26(35)14-5-7-22(14)34)6-4-13-12(2)18(30)9-20(31-25)23(13)24/h8-9,14,19,22,34,38H,3-7,10-11H2,1-2H3,(H,32,35)/t14?,19?,22?,29-/m0/s1. The second kappa shape index (κ2) is 8.19. The predicted octanol–water partition coefficient (Wildman–Crippen LogP) is 2.40. The third-order valence-corrected chi connectivity index (χ3v) is 9.27. The number of rotatable bonds is 3. The van der Waals surface area contributed by atoms with Gasteiger partial charge in [0.2, 0.25) is 5.91 Å². The molecule has 0 bridgehead atoms. The van der Waals surface area contributed by atoms with Crippen molar-refractivity contribution in [2.24, 2.45) is 5.92 Å². The zero-order valence-electron chi connectivity index (χ0n) is 21.6. The molecule has 7 rings (SSSR count). The lowest BCUT2D eigenvalue weighted by molar-refractivity contribution is -0.172. The van der Waals surface area contributed by atoms with Crippen molar-refractivity contribution < 1.29 is 28.9 Å². The zero-order valence-corrected chi connectivity index (χ0v) is 21.6. The topological polar surface area (TPSA) is 131 Å². The number of pyridine rings is 2. The molecule has 4 heterocycles. The number of ether oxygens (including phenoxy) is 1. The van der Waals surface area contributed by atoms with E-state index in [1.165, 1.54) is 6.07 Å². The molecule has 0 radical (unpaired) electrons. The fourth-order valence-electron chi connectivity index (χ4n) is 6.77. The molecule has 1 saturated carbocycles. The second-order valence-electron chi connectivity index (χ2n) is 11.2. The van der Waals surface area contributed by atoms with Crippen molar-refractivity contribution in [3.05, 3.63) is 61.7 Å². The summed E-state index contributed by atoms with van der Waals surface area (Å²) in [7, 11) is 0. The molecule has 0 spiro atoms. The molecule has 3 unspecified atom stereocenters. The number of cyclic esters (lactones) is 1. The number of esters is 1. The molecule has 4 atom stereocenters. The summed E-state index contributed by atoms with van der Waals surface area (Å²) in [6, 6.07) is 2.61. The molecule has 10 heteroatoms. The molecule has 0 saturated heterocycles. The van der Waals surface area contributed by atoms with Gasteiger partial charge in [-0.25, -0.2) is 14.2 Å². The van der Waals surface area contributed by atoms with Gasteiger partial charge >= 0.3 is 5.97 Å². The van der Waals surface area contributed by atoms with Crippen molar-refractivity contribution in [3.8, 4) is 11.4 Å². The fraction of sp³-hybridized carbons (Fsp3) is 0.448. The van der Waals surface area contributed by atoms with Crippen molar-refractivity contribution in [2.75, 3.05) is 0 Å². The zero-order chi connectivity index (χ0) is 27.4. The highest BCUT2D eigenvalue weighted by molar-refractivity contribution is 5.94. The molecule has 1 amide bonds. The van der Waals surface area contributed by atoms with Gasteiger partial charge in [-0.3, -0.25) is 9.59 Å². The van der Waals surface area contributed by atoms with Gasteiger partial charge < -0.3 is 24.8 Å². The van der Waals surface area contributed by atoms with Gasteiger partial charge in [0.25, 0.3) is 5.56 Å². The Morgan fingerprint density at radius 2 is 2.03 bits per heavy atom. The molecule has 2 aromatic heterocycles. The van der Waals surface area contributed by atoms with Crippen LogP contribution in [0.15, 0.2) is 16.9 Å². The Bertz CT molecular complexity index is 1700. The van der Waals surface area contributed by atoms with E-state index in [9.17, 15) is 24.6 Å². The number of hydrogen-bond donors (Lipinski definition) is 3. The molecule has 4 aliphatic rings. The maximum Gasteiger partial charge on any atom is 0.343 e. The minimum atomic E-state index is -1.95. The van der Waals surface area contributed by atoms with Crippen LogP contribution in [0.4, 0.5) is 4.39 Å². The molecule has 39 heavy (non-hydrogen) atoms. The summed E-state index contributed by atoms with van der Waals surface area (Å²) in [4.78, 5) is 44.1. The summed E-state index contributed by atoms with van der Waals surface area (Å²) in [5, 5.41) is 25.2. The number of nitrogens with zero attached hydrogens (tertiary/aromatic N) is 2. The maximum absolute atomic E-state index is 15.0. The van der Waals surface area contributed by atoms with Crippen LogP contribution in [0.2, 0.25) is 0 Å². The van der Waals surface area contributed by atoms with Gasteiger partial charge in [0.15, 0.2) is 5.60 Å². The molecule has 3 N–H and O–H groups in total. The Balaban J connectivity index is 1.46. The lowest BCUT2D eigenvalue weighted by atomic mass is 9.79. The van der Waals surface area contributed by atoms with Gasteiger partial charge in [0, 0.05) is 22.6 Å². The van der Waals surface area contributed by atoms with Crippen LogP contribution in [0.1, 0.15) is 72.0 Å². The molecular weight excluding hydrogens is 505 g/mol. The monoisotopic (exact) mass is 533 g/mol. The van der Waals surface area contributed by atoms with E-state index in [-0.39, 0.29) is 48.0 Å². The molecule has 202 valence electrons. The molecule has 3 aromatic rings. The first-order valence-electron chi connectivity index (χ1n) is 13.4. The Kier molecular flexibility index (Phi) is 5.13. The highest BCUT2D eigenvalue weighted by Gasteiger charge is 2.46. The normalized spacial score (nSPS) is 26.4. The van der Waals surface area contributed by atoms with Crippen LogP contribution >= 0.6 is 0 Å². The average Bonchev–Trinajstić information content (AvgIpc) is 3.28. The number of carbonyl (C=O) groups is 2. The summed E-state index contributed by atoms with van der Waals surface area (Å²) in [5.41, 5.74) is 2.35. The van der Waals surface area contributed by atoms with Gasteiger partial charge in [-0.2, -0.15) is 0 Å². The summed E-state index contributed by atoms with van der Waals surface area (Å²) in [5.74, 6) is -1.85. The van der Waals surface area contributed by atoms with Crippen molar-refractivity contribution in [2.45, 2.75) is 76.9 Å². The van der Waals surface area contributed by atoms with Gasteiger partial charge in [-0.1, -0.05) is 6.92 Å². The predicted molar refractivity (Wildman–Crippen MR) is 137 cm³/mol. The Hall–Kier alpha value is -3.63. The molecular formula is C29H28FN3O6. The van der Waals surface area contributed by atoms with Crippen molar-refractivity contribution in [3.63, 3.8) is 0 Å². The number of aliphatic hydroxyl groups excluding tert-OH is 1. The average molecular weight is 534 g/mol. The third kappa shape index (κ3) is 3.18. The third-order valence-electron chi connectivity index (χ3n) is 9.27. The lowest BCUT2D eigenvalue weighted by Gasteiger charge is -2.35. The second-order valence-corrected chi connectivity index (χ2v) is 11.2. The first-order valence-corrected chi connectivity index (χ1v) is 13.4. The van der Waals surface area contributed by atoms with Crippen LogP contribution in [-0.2, 0) is 39.5 Å². The number of carbonyl (C=O) groups excluding carboxylic acids is 2. The number of fused-ring (bicyclic) bond motifs is 5. The van der Waals surface area contributed by atoms with Gasteiger partial charge in [-0.15, -0.1) is 0 Å². The number of aromatic nitrogens is 2. The van der Waals surface area contributed by atoms with Gasteiger partial charge in [0.05, 0.1) is 47.1 Å². The first kappa shape index (κ1) is 24.4. The lowest BCUT2D eigenvalue weighted by Crippen LogP contribution is -2.45. The Morgan fingerprint density at radius 3 is 2.72 bits per heavy atom. The van der Waals surface area contributed by atoms with Crippen LogP contribution < -0.4 is 10.9 Å². The van der Waals surface area contributed by atoms with E-state index < -0.39 is 29.6 Å². The number of amides is 1. The highest BCUT2D eigenvalue weighted by atomic mass is 19.1. The van der Waals surface area contributed by atoms with Crippen molar-refractivity contribution >= 4 is 22.8 Å². The van der Waals surface area contributed by atoms with Crippen molar-refractivity contribution in [1.82, 2.24) is 14.9 Å². The van der Waals surface area contributed by atoms with E-state index >= 15 is 4.39 Å². The van der Waals surface area contributed by atoms with Crippen molar-refractivity contribution in [1.29, 1.82) is 0 Å². The molecule has 1 fully saturated rings. The largest absolute Gasteiger partial charge is 0.458 e. The minimum Gasteiger partial charge on any atom is -0.458 e. The summed E-state index contributed by atoms with van der Waals surface area (Å²) in [6.45, 7) is 3.33. The fourth-order valence-corrected chi connectivity index (χ4v) is 6.77. The van der Waals surface area contributed by atoms with E-state index in [1.807, 2.05) is 0 Å². The van der Waals surface area contributed by atoms with Gasteiger partial charge in [-0.05, 0) is 61.8 Å². The summed E-state index contributed by atoms with van der Waals surface area (Å²) < 4.78 is 21.7. The van der Waals surface area contributed by atoms with Crippen LogP contribution in [0.25, 0.3) is 22.3 Å². The van der Waals surface area contributed by atoms with E-state index in [1.54, 1.807) is 24.5 Å². The number of aliphatic hydroxyl groups is 2. The Morgan fingerprint density at radius 1 is 1.23 bits per heavy atom. The van der Waals surface area contributed by atoms with E-state index in [4.69, 9.17) is 9.72 Å². The number of benzene rings is 1. The molecule has 1 aromatic carbocycles. The van der Waals surface area contributed by atoms with Crippen LogP contribution in [0.5, 0.6) is 0 Å². The smallest absolute Gasteiger partial charge is 0.343 e. The molecule has 9 nitrogen and oxygen atoms in total.